The molecule has 0 aromatic carbocycles. The molecule has 0 unspecified atom stereocenters. The van der Waals surface area contributed by atoms with Gasteiger partial charge in [0.1, 0.15) is 0 Å². The summed E-state index contributed by atoms with van der Waals surface area (Å²) in [5.41, 5.74) is 0.0940. The molecule has 6 nitrogen and oxygen atoms in total. The molecule has 0 radical (unpaired) electrons. The molecule has 8 heteroatoms. The van der Waals surface area contributed by atoms with Crippen LogP contribution in [0.25, 0.3) is 0 Å². The summed E-state index contributed by atoms with van der Waals surface area (Å²) in [4.78, 5) is 29.1. The Kier molecular flexibility index (Phi) is 10.2. The first-order chi connectivity index (χ1) is 13.1. The van der Waals surface area contributed by atoms with Gasteiger partial charge in [0.15, 0.2) is 10.0 Å². The van der Waals surface area contributed by atoms with E-state index in [-0.39, 0.29) is 17.6 Å². The number of thioether (sulfide) groups is 1. The fourth-order valence-electron chi connectivity index (χ4n) is 3.26. The van der Waals surface area contributed by atoms with Crippen LogP contribution in [0.2, 0.25) is 0 Å². The van der Waals surface area contributed by atoms with Crippen molar-refractivity contribution in [3.8, 4) is 0 Å². The molecule has 1 aromatic rings. The number of amides is 1. The fraction of sp³-hybridized carbons (Fsp3) is 0.737. The zero-order valence-electron chi connectivity index (χ0n) is 16.1. The van der Waals surface area contributed by atoms with Gasteiger partial charge in [-0.25, -0.2) is 9.78 Å². The molecule has 27 heavy (non-hydrogen) atoms. The largest absolute Gasteiger partial charge is 0.476 e. The molecule has 2 N–H and O–H groups in total. The summed E-state index contributed by atoms with van der Waals surface area (Å²) in [7, 11) is 0. The maximum absolute atomic E-state index is 12.2. The van der Waals surface area contributed by atoms with Crippen molar-refractivity contribution < 1.29 is 14.7 Å². The predicted octanol–water partition coefficient (Wildman–Crippen LogP) is 3.87. The molecule has 1 fully saturated rings. The SMILES string of the molecule is CCCCCCCCNC[C@H]1CCC(=O)N1CCSc1nc(C(=O)O)cs1. The molecule has 1 amide bonds. The molecular weight excluding hydrogens is 382 g/mol. The van der Waals surface area contributed by atoms with Gasteiger partial charge in [-0.1, -0.05) is 50.8 Å². The van der Waals surface area contributed by atoms with Gasteiger partial charge in [0.2, 0.25) is 5.91 Å². The number of likely N-dealkylation sites (tertiary alicyclic amines) is 1. The highest BCUT2D eigenvalue weighted by atomic mass is 32.2. The molecule has 0 spiro atoms. The monoisotopic (exact) mass is 413 g/mol. The standard InChI is InChI=1S/C19H31N3O3S2/c1-2-3-4-5-6-7-10-20-13-15-8-9-17(23)22(15)11-12-26-19-21-16(14-27-19)18(24)25/h14-15,20H,2-13H2,1H3,(H,24,25)/t15-/m1/s1. The molecule has 152 valence electrons. The second kappa shape index (κ2) is 12.4. The van der Waals surface area contributed by atoms with E-state index in [1.54, 1.807) is 5.38 Å². The number of hydrogen-bond acceptors (Lipinski definition) is 6. The Morgan fingerprint density at radius 3 is 2.89 bits per heavy atom. The lowest BCUT2D eigenvalue weighted by Crippen LogP contribution is -2.41. The van der Waals surface area contributed by atoms with Crippen molar-refractivity contribution in [2.24, 2.45) is 0 Å². The van der Waals surface area contributed by atoms with E-state index in [1.807, 2.05) is 4.90 Å². The third-order valence-corrected chi connectivity index (χ3v) is 6.80. The summed E-state index contributed by atoms with van der Waals surface area (Å²) in [5.74, 6) is -0.0247. The minimum absolute atomic E-state index is 0.0940. The number of nitrogens with one attached hydrogen (secondary N) is 1. The summed E-state index contributed by atoms with van der Waals surface area (Å²) < 4.78 is 0.747. The minimum atomic E-state index is -0.996. The third kappa shape index (κ3) is 7.79. The highest BCUT2D eigenvalue weighted by molar-refractivity contribution is 8.01. The van der Waals surface area contributed by atoms with Crippen LogP contribution in [0.1, 0.15) is 68.8 Å². The number of hydrogen-bond donors (Lipinski definition) is 2. The number of carboxylic acids is 1. The predicted molar refractivity (Wildman–Crippen MR) is 111 cm³/mol. The Labute approximate surface area is 170 Å². The number of thiazole rings is 1. The van der Waals surface area contributed by atoms with Crippen LogP contribution in [0.4, 0.5) is 0 Å². The van der Waals surface area contributed by atoms with E-state index in [0.717, 1.165) is 29.6 Å². The quantitative estimate of drug-likeness (QED) is 0.356. The normalized spacial score (nSPS) is 17.0. The number of carboxylic acid groups (broad SMARTS) is 1. The van der Waals surface area contributed by atoms with E-state index in [0.29, 0.717) is 13.0 Å². The van der Waals surface area contributed by atoms with E-state index in [2.05, 4.69) is 17.2 Å². The first kappa shape index (κ1) is 22.2. The number of aromatic carboxylic acids is 1. The van der Waals surface area contributed by atoms with E-state index in [9.17, 15) is 9.59 Å². The molecule has 1 aliphatic heterocycles. The highest BCUT2D eigenvalue weighted by Gasteiger charge is 2.30. The topological polar surface area (TPSA) is 82.5 Å². The first-order valence-electron chi connectivity index (χ1n) is 9.93. The van der Waals surface area contributed by atoms with E-state index < -0.39 is 5.97 Å². The molecule has 0 aliphatic carbocycles. The molecule has 2 rings (SSSR count). The Hall–Kier alpha value is -1.12. The second-order valence-corrected chi connectivity index (χ2v) is 9.10. The maximum atomic E-state index is 12.2. The van der Waals surface area contributed by atoms with Crippen LogP contribution in [0.3, 0.4) is 0 Å². The Morgan fingerprint density at radius 2 is 2.15 bits per heavy atom. The molecular formula is C19H31N3O3S2. The zero-order chi connectivity index (χ0) is 19.5. The average molecular weight is 414 g/mol. The second-order valence-electron chi connectivity index (χ2n) is 6.90. The summed E-state index contributed by atoms with van der Waals surface area (Å²) in [6, 6.07) is 0.282. The van der Waals surface area contributed by atoms with Gasteiger partial charge in [0.25, 0.3) is 0 Å². The smallest absolute Gasteiger partial charge is 0.355 e. The van der Waals surface area contributed by atoms with Gasteiger partial charge in [0.05, 0.1) is 0 Å². The maximum Gasteiger partial charge on any atom is 0.355 e. The van der Waals surface area contributed by atoms with E-state index >= 15 is 0 Å². The number of nitrogens with zero attached hydrogens (tertiary/aromatic N) is 2. The number of carbonyl (C=O) groups is 2. The van der Waals surface area contributed by atoms with E-state index in [1.165, 1.54) is 61.6 Å². The Balaban J connectivity index is 1.62. The van der Waals surface area contributed by atoms with Gasteiger partial charge in [-0.3, -0.25) is 4.79 Å². The van der Waals surface area contributed by atoms with Crippen LogP contribution in [-0.2, 0) is 4.79 Å². The Morgan fingerprint density at radius 1 is 1.37 bits per heavy atom. The number of rotatable bonds is 14. The number of unbranched alkanes of at least 4 members (excludes halogenated alkanes) is 5. The summed E-state index contributed by atoms with van der Waals surface area (Å²) in [6.07, 6.45) is 9.32. The van der Waals surface area contributed by atoms with Crippen LogP contribution < -0.4 is 5.32 Å². The van der Waals surface area contributed by atoms with Gasteiger partial charge in [0, 0.05) is 36.7 Å². The first-order valence-corrected chi connectivity index (χ1v) is 11.8. The van der Waals surface area contributed by atoms with Gasteiger partial charge >= 0.3 is 5.97 Å². The van der Waals surface area contributed by atoms with Crippen molar-refractivity contribution in [2.45, 2.75) is 68.7 Å². The highest BCUT2D eigenvalue weighted by Crippen LogP contribution is 2.24. The third-order valence-electron chi connectivity index (χ3n) is 4.80. The molecule has 1 aliphatic rings. The van der Waals surface area contributed by atoms with Crippen molar-refractivity contribution in [3.05, 3.63) is 11.1 Å². The Bertz CT molecular complexity index is 595. The van der Waals surface area contributed by atoms with Crippen molar-refractivity contribution >= 4 is 35.0 Å². The fourth-order valence-corrected chi connectivity index (χ4v) is 5.07. The van der Waals surface area contributed by atoms with Gasteiger partial charge in [-0.2, -0.15) is 0 Å². The number of aromatic nitrogens is 1. The van der Waals surface area contributed by atoms with Crippen molar-refractivity contribution in [2.75, 3.05) is 25.4 Å². The summed E-state index contributed by atoms with van der Waals surface area (Å²) in [6.45, 7) is 4.82. The van der Waals surface area contributed by atoms with Crippen LogP contribution in [0.15, 0.2) is 9.72 Å². The van der Waals surface area contributed by atoms with E-state index in [4.69, 9.17) is 5.11 Å². The van der Waals surface area contributed by atoms with Crippen LogP contribution in [0, 0.1) is 0 Å². The van der Waals surface area contributed by atoms with Crippen molar-refractivity contribution in [3.63, 3.8) is 0 Å². The lowest BCUT2D eigenvalue weighted by atomic mass is 10.1. The van der Waals surface area contributed by atoms with Crippen molar-refractivity contribution in [1.29, 1.82) is 0 Å². The summed E-state index contributed by atoms with van der Waals surface area (Å²) >= 11 is 2.86. The van der Waals surface area contributed by atoms with Gasteiger partial charge in [-0.15, -0.1) is 11.3 Å². The summed E-state index contributed by atoms with van der Waals surface area (Å²) in [5, 5.41) is 14.0. The van der Waals surface area contributed by atoms with Gasteiger partial charge < -0.3 is 15.3 Å². The lowest BCUT2D eigenvalue weighted by molar-refractivity contribution is -0.128. The molecule has 0 bridgehead atoms. The van der Waals surface area contributed by atoms with Gasteiger partial charge in [-0.05, 0) is 19.4 Å². The lowest BCUT2D eigenvalue weighted by Gasteiger charge is -2.25. The molecule has 2 heterocycles. The molecule has 1 aromatic heterocycles. The zero-order valence-corrected chi connectivity index (χ0v) is 17.7. The van der Waals surface area contributed by atoms with Crippen LogP contribution >= 0.6 is 23.1 Å². The van der Waals surface area contributed by atoms with Crippen LogP contribution in [-0.4, -0.2) is 58.3 Å². The number of carbonyl (C=O) groups excluding carboxylic acids is 1. The van der Waals surface area contributed by atoms with Crippen LogP contribution in [0.5, 0.6) is 0 Å². The average Bonchev–Trinajstić information content (AvgIpc) is 3.25. The minimum Gasteiger partial charge on any atom is -0.476 e. The molecule has 1 atom stereocenters. The molecule has 0 saturated carbocycles. The molecule has 1 saturated heterocycles. The van der Waals surface area contributed by atoms with Crippen molar-refractivity contribution in [1.82, 2.24) is 15.2 Å².